The van der Waals surface area contributed by atoms with E-state index >= 15 is 0 Å². The largest absolute Gasteiger partial charge is 0.356 e. The molecular formula is C18H40N2O. The maximum Gasteiger partial charge on any atom is 0.219 e. The Morgan fingerprint density at radius 3 is 1.48 bits per heavy atom. The second-order valence-corrected chi connectivity index (χ2v) is 5.74. The highest BCUT2D eigenvalue weighted by Gasteiger charge is 1.98. The van der Waals surface area contributed by atoms with E-state index in [1.54, 1.807) is 0 Å². The summed E-state index contributed by atoms with van der Waals surface area (Å²) in [6, 6.07) is 0. The van der Waals surface area contributed by atoms with Crippen LogP contribution in [0.15, 0.2) is 0 Å². The molecule has 0 aromatic carbocycles. The summed E-state index contributed by atoms with van der Waals surface area (Å²) in [6.45, 7) is 5.00. The molecule has 2 N–H and O–H groups in total. The van der Waals surface area contributed by atoms with Crippen molar-refractivity contribution in [3.05, 3.63) is 0 Å². The molecule has 0 saturated carbocycles. The van der Waals surface area contributed by atoms with Crippen LogP contribution in [0.3, 0.4) is 0 Å². The van der Waals surface area contributed by atoms with Crippen LogP contribution in [0.5, 0.6) is 0 Å². The third kappa shape index (κ3) is 24.8. The zero-order valence-corrected chi connectivity index (χ0v) is 15.1. The minimum absolute atomic E-state index is 0.216. The van der Waals surface area contributed by atoms with Crippen LogP contribution in [0.2, 0.25) is 0 Å². The summed E-state index contributed by atoms with van der Waals surface area (Å²) in [5, 5.41) is 5.59. The molecule has 0 spiro atoms. The van der Waals surface area contributed by atoms with Crippen LogP contribution in [0.1, 0.15) is 90.9 Å². The molecule has 0 aliphatic rings. The first kappa shape index (κ1) is 22.7. The SMILES string of the molecule is CCCCCCCCCCCCCC(=O)NCC.CNC. The van der Waals surface area contributed by atoms with Gasteiger partial charge in [0.2, 0.25) is 5.91 Å². The third-order valence-electron chi connectivity index (χ3n) is 3.38. The first-order valence-corrected chi connectivity index (χ1v) is 9.08. The standard InChI is InChI=1S/C16H33NO.C2H7N/c1-3-5-6-7-8-9-10-11-12-13-14-15-16(18)17-4-2;1-3-2/h3-15H2,1-2H3,(H,17,18);3H,1-2H3. The highest BCUT2D eigenvalue weighted by atomic mass is 16.1. The summed E-state index contributed by atoms with van der Waals surface area (Å²) in [7, 11) is 3.75. The third-order valence-corrected chi connectivity index (χ3v) is 3.38. The maximum atomic E-state index is 11.2. The van der Waals surface area contributed by atoms with Gasteiger partial charge >= 0.3 is 0 Å². The van der Waals surface area contributed by atoms with Gasteiger partial charge in [-0.05, 0) is 27.4 Å². The van der Waals surface area contributed by atoms with E-state index in [4.69, 9.17) is 0 Å². The zero-order chi connectivity index (χ0) is 16.2. The Morgan fingerprint density at radius 2 is 1.10 bits per heavy atom. The predicted molar refractivity (Wildman–Crippen MR) is 94.7 cm³/mol. The van der Waals surface area contributed by atoms with E-state index in [1.165, 1.54) is 64.2 Å². The number of carbonyl (C=O) groups is 1. The molecular weight excluding hydrogens is 260 g/mol. The lowest BCUT2D eigenvalue weighted by molar-refractivity contribution is -0.121. The average Bonchev–Trinajstić information content (AvgIpc) is 2.46. The Morgan fingerprint density at radius 1 is 0.714 bits per heavy atom. The fourth-order valence-corrected chi connectivity index (χ4v) is 2.24. The molecule has 0 unspecified atom stereocenters. The smallest absolute Gasteiger partial charge is 0.219 e. The molecule has 0 bridgehead atoms. The Labute approximate surface area is 133 Å². The predicted octanol–water partition coefficient (Wildman–Crippen LogP) is 4.66. The van der Waals surface area contributed by atoms with Gasteiger partial charge in [-0.2, -0.15) is 0 Å². The fraction of sp³-hybridized carbons (Fsp3) is 0.944. The number of rotatable bonds is 13. The zero-order valence-electron chi connectivity index (χ0n) is 15.1. The molecule has 0 radical (unpaired) electrons. The maximum absolute atomic E-state index is 11.2. The highest BCUT2D eigenvalue weighted by Crippen LogP contribution is 2.11. The van der Waals surface area contributed by atoms with Crippen LogP contribution >= 0.6 is 0 Å². The highest BCUT2D eigenvalue weighted by molar-refractivity contribution is 5.75. The summed E-state index contributed by atoms with van der Waals surface area (Å²) in [6.07, 6.45) is 15.4. The van der Waals surface area contributed by atoms with E-state index in [2.05, 4.69) is 17.6 Å². The normalized spacial score (nSPS) is 9.90. The minimum Gasteiger partial charge on any atom is -0.356 e. The second-order valence-electron chi connectivity index (χ2n) is 5.74. The van der Waals surface area contributed by atoms with Gasteiger partial charge < -0.3 is 10.6 Å². The summed E-state index contributed by atoms with van der Waals surface area (Å²) in [5.74, 6) is 0.216. The number of carbonyl (C=O) groups excluding carboxylic acids is 1. The van der Waals surface area contributed by atoms with Gasteiger partial charge in [0, 0.05) is 13.0 Å². The average molecular weight is 301 g/mol. The monoisotopic (exact) mass is 300 g/mol. The first-order valence-electron chi connectivity index (χ1n) is 9.08. The van der Waals surface area contributed by atoms with E-state index in [0.717, 1.165) is 13.0 Å². The summed E-state index contributed by atoms with van der Waals surface area (Å²) >= 11 is 0. The van der Waals surface area contributed by atoms with Crippen molar-refractivity contribution in [2.75, 3.05) is 20.6 Å². The molecule has 1 amide bonds. The lowest BCUT2D eigenvalue weighted by Crippen LogP contribution is -2.21. The van der Waals surface area contributed by atoms with E-state index in [-0.39, 0.29) is 5.91 Å². The molecule has 0 aromatic heterocycles. The number of hydrogen-bond donors (Lipinski definition) is 2. The molecule has 3 nitrogen and oxygen atoms in total. The van der Waals surface area contributed by atoms with E-state index in [9.17, 15) is 4.79 Å². The summed E-state index contributed by atoms with van der Waals surface area (Å²) in [5.41, 5.74) is 0. The molecule has 0 aliphatic carbocycles. The lowest BCUT2D eigenvalue weighted by Gasteiger charge is -2.03. The van der Waals surface area contributed by atoms with Gasteiger partial charge in [-0.3, -0.25) is 4.79 Å². The second kappa shape index (κ2) is 21.7. The molecule has 0 atom stereocenters. The van der Waals surface area contributed by atoms with Crippen molar-refractivity contribution >= 4 is 5.91 Å². The Balaban J connectivity index is 0. The van der Waals surface area contributed by atoms with Crippen LogP contribution < -0.4 is 10.6 Å². The fourth-order valence-electron chi connectivity index (χ4n) is 2.24. The quantitative estimate of drug-likeness (QED) is 0.486. The van der Waals surface area contributed by atoms with Crippen LogP contribution in [0.25, 0.3) is 0 Å². The molecule has 0 saturated heterocycles. The van der Waals surface area contributed by atoms with Crippen LogP contribution in [-0.4, -0.2) is 26.5 Å². The molecule has 0 aromatic rings. The van der Waals surface area contributed by atoms with Gasteiger partial charge in [-0.25, -0.2) is 0 Å². The van der Waals surface area contributed by atoms with Crippen molar-refractivity contribution in [1.82, 2.24) is 10.6 Å². The lowest BCUT2D eigenvalue weighted by atomic mass is 10.1. The Kier molecular flexibility index (Phi) is 23.5. The van der Waals surface area contributed by atoms with Gasteiger partial charge in [0.05, 0.1) is 0 Å². The summed E-state index contributed by atoms with van der Waals surface area (Å²) in [4.78, 5) is 11.2. The van der Waals surface area contributed by atoms with Gasteiger partial charge in [-0.15, -0.1) is 0 Å². The Hall–Kier alpha value is -0.570. The van der Waals surface area contributed by atoms with Crippen LogP contribution in [0.4, 0.5) is 0 Å². The molecule has 0 heterocycles. The van der Waals surface area contributed by atoms with Crippen molar-refractivity contribution < 1.29 is 4.79 Å². The van der Waals surface area contributed by atoms with Gasteiger partial charge in [-0.1, -0.05) is 71.1 Å². The molecule has 3 heteroatoms. The van der Waals surface area contributed by atoms with E-state index < -0.39 is 0 Å². The Bertz CT molecular complexity index is 196. The number of amides is 1. The van der Waals surface area contributed by atoms with Gasteiger partial charge in [0.15, 0.2) is 0 Å². The van der Waals surface area contributed by atoms with Crippen LogP contribution in [0, 0.1) is 0 Å². The van der Waals surface area contributed by atoms with Gasteiger partial charge in [0.1, 0.15) is 0 Å². The van der Waals surface area contributed by atoms with Crippen molar-refractivity contribution in [3.63, 3.8) is 0 Å². The van der Waals surface area contributed by atoms with Crippen molar-refractivity contribution in [2.24, 2.45) is 0 Å². The van der Waals surface area contributed by atoms with Crippen molar-refractivity contribution in [3.8, 4) is 0 Å². The van der Waals surface area contributed by atoms with Crippen molar-refractivity contribution in [1.29, 1.82) is 0 Å². The van der Waals surface area contributed by atoms with E-state index in [0.29, 0.717) is 6.42 Å². The molecule has 0 rings (SSSR count). The molecule has 0 aliphatic heterocycles. The molecule has 128 valence electrons. The van der Waals surface area contributed by atoms with Gasteiger partial charge in [0.25, 0.3) is 0 Å². The van der Waals surface area contributed by atoms with E-state index in [1.807, 2.05) is 21.0 Å². The number of nitrogens with one attached hydrogen (secondary N) is 2. The number of unbranched alkanes of at least 4 members (excludes halogenated alkanes) is 10. The number of hydrogen-bond acceptors (Lipinski definition) is 2. The van der Waals surface area contributed by atoms with Crippen molar-refractivity contribution in [2.45, 2.75) is 90.9 Å². The van der Waals surface area contributed by atoms with Crippen LogP contribution in [-0.2, 0) is 4.79 Å². The summed E-state index contributed by atoms with van der Waals surface area (Å²) < 4.78 is 0. The molecule has 0 fully saturated rings. The minimum atomic E-state index is 0.216. The first-order chi connectivity index (χ1) is 10.2. The molecule has 21 heavy (non-hydrogen) atoms. The topological polar surface area (TPSA) is 41.1 Å².